The normalized spacial score (nSPS) is 13.0. The smallest absolute Gasteiger partial charge is 0.324 e. The fraction of sp³-hybridized carbons (Fsp3) is 0.619. The lowest BCUT2D eigenvalue weighted by atomic mass is 10.1. The van der Waals surface area contributed by atoms with E-state index >= 15 is 0 Å². The quantitative estimate of drug-likeness (QED) is 0.581. The second-order valence-electron chi connectivity index (χ2n) is 8.21. The van der Waals surface area contributed by atoms with Gasteiger partial charge >= 0.3 is 5.97 Å². The number of esters is 1. The molecule has 7 nitrogen and oxygen atoms in total. The molecule has 29 heavy (non-hydrogen) atoms. The maximum absolute atomic E-state index is 12.7. The molecule has 0 radical (unpaired) electrons. The highest BCUT2D eigenvalue weighted by Crippen LogP contribution is 2.14. The molecule has 164 valence electrons. The summed E-state index contributed by atoms with van der Waals surface area (Å²) >= 11 is 0. The van der Waals surface area contributed by atoms with Gasteiger partial charge in [-0.05, 0) is 59.1 Å². The monoisotopic (exact) mass is 426 g/mol. The van der Waals surface area contributed by atoms with Gasteiger partial charge in [0.25, 0.3) is 5.91 Å². The Kier molecular flexibility index (Phi) is 9.29. The predicted octanol–water partition coefficient (Wildman–Crippen LogP) is 2.88. The van der Waals surface area contributed by atoms with E-state index in [0.717, 1.165) is 5.56 Å². The number of amides is 1. The van der Waals surface area contributed by atoms with E-state index < -0.39 is 28.6 Å². The molecular formula is C21H34N2O5S. The molecule has 1 rings (SSSR count). The van der Waals surface area contributed by atoms with Crippen LogP contribution < -0.4 is 4.72 Å². The van der Waals surface area contributed by atoms with Crippen LogP contribution in [0.4, 0.5) is 0 Å². The minimum atomic E-state index is -3.89. The number of carbonyl (C=O) groups is 2. The van der Waals surface area contributed by atoms with E-state index in [9.17, 15) is 18.0 Å². The lowest BCUT2D eigenvalue weighted by Gasteiger charge is -2.30. The van der Waals surface area contributed by atoms with Gasteiger partial charge in [-0.2, -0.15) is 4.72 Å². The van der Waals surface area contributed by atoms with Gasteiger partial charge in [-0.3, -0.25) is 9.59 Å². The largest absolute Gasteiger partial charge is 0.454 e. The molecule has 0 aromatic heterocycles. The average Bonchev–Trinajstić information content (AvgIpc) is 2.58. The van der Waals surface area contributed by atoms with Gasteiger partial charge in [0.15, 0.2) is 6.61 Å². The van der Waals surface area contributed by atoms with Crippen LogP contribution in [0.2, 0.25) is 0 Å². The minimum absolute atomic E-state index is 0.0345. The van der Waals surface area contributed by atoms with Crippen LogP contribution in [0.5, 0.6) is 0 Å². The maximum atomic E-state index is 12.7. The first-order chi connectivity index (χ1) is 13.3. The molecule has 1 N–H and O–H groups in total. The molecule has 0 spiro atoms. The summed E-state index contributed by atoms with van der Waals surface area (Å²) in [5, 5.41) is 0. The molecule has 0 unspecified atom stereocenters. The van der Waals surface area contributed by atoms with Gasteiger partial charge in [-0.15, -0.1) is 0 Å². The number of benzene rings is 1. The van der Waals surface area contributed by atoms with Crippen molar-refractivity contribution in [3.8, 4) is 0 Å². The van der Waals surface area contributed by atoms with Gasteiger partial charge in [0.05, 0.1) is 4.90 Å². The summed E-state index contributed by atoms with van der Waals surface area (Å²) in [6.45, 7) is 12.7. The number of hydrogen-bond acceptors (Lipinski definition) is 5. The molecule has 0 aliphatic carbocycles. The van der Waals surface area contributed by atoms with E-state index in [-0.39, 0.29) is 35.2 Å². The summed E-state index contributed by atoms with van der Waals surface area (Å²) in [6, 6.07) is 5.22. The van der Waals surface area contributed by atoms with Crippen LogP contribution in [0.3, 0.4) is 0 Å². The van der Waals surface area contributed by atoms with Gasteiger partial charge < -0.3 is 9.64 Å². The number of sulfonamides is 1. The van der Waals surface area contributed by atoms with E-state index in [2.05, 4.69) is 4.72 Å². The van der Waals surface area contributed by atoms with Crippen molar-refractivity contribution in [1.29, 1.82) is 0 Å². The van der Waals surface area contributed by atoms with Crippen molar-refractivity contribution in [2.24, 2.45) is 5.92 Å². The van der Waals surface area contributed by atoms with Gasteiger partial charge in [-0.25, -0.2) is 8.42 Å². The number of carbonyl (C=O) groups excluding carboxylic acids is 2. The van der Waals surface area contributed by atoms with Crippen molar-refractivity contribution in [2.75, 3.05) is 6.61 Å². The van der Waals surface area contributed by atoms with Crippen LogP contribution >= 0.6 is 0 Å². The van der Waals surface area contributed by atoms with Gasteiger partial charge in [0.1, 0.15) is 6.04 Å². The molecule has 0 saturated carbocycles. The first-order valence-corrected chi connectivity index (χ1v) is 11.4. The number of aryl methyl sites for hydroxylation is 1. The SMILES string of the molecule is Cc1ccc(S(=O)(=O)N[C@H](CC(C)C)C(=O)OCC(=O)N(C(C)C)C(C)C)cc1. The lowest BCUT2D eigenvalue weighted by molar-refractivity contribution is -0.155. The van der Waals surface area contributed by atoms with Crippen molar-refractivity contribution in [1.82, 2.24) is 9.62 Å². The first-order valence-electron chi connectivity index (χ1n) is 9.92. The zero-order chi connectivity index (χ0) is 22.4. The molecule has 8 heteroatoms. The third-order valence-corrected chi connectivity index (χ3v) is 5.85. The fourth-order valence-electron chi connectivity index (χ4n) is 3.12. The summed E-state index contributed by atoms with van der Waals surface area (Å²) in [5.74, 6) is -1.02. The van der Waals surface area contributed by atoms with Gasteiger partial charge in [0, 0.05) is 12.1 Å². The Morgan fingerprint density at radius 3 is 1.97 bits per heavy atom. The van der Waals surface area contributed by atoms with Crippen LogP contribution in [0.25, 0.3) is 0 Å². The van der Waals surface area contributed by atoms with Crippen molar-refractivity contribution >= 4 is 21.9 Å². The Morgan fingerprint density at radius 2 is 1.52 bits per heavy atom. The van der Waals surface area contributed by atoms with E-state index in [1.165, 1.54) is 12.1 Å². The molecule has 1 aromatic carbocycles. The zero-order valence-corrected chi connectivity index (χ0v) is 19.2. The topological polar surface area (TPSA) is 92.8 Å². The van der Waals surface area contributed by atoms with E-state index in [4.69, 9.17) is 4.74 Å². The Balaban J connectivity index is 2.90. The Hall–Kier alpha value is -1.93. The minimum Gasteiger partial charge on any atom is -0.454 e. The van der Waals surface area contributed by atoms with Gasteiger partial charge in [-0.1, -0.05) is 31.5 Å². The van der Waals surface area contributed by atoms with Gasteiger partial charge in [0.2, 0.25) is 10.0 Å². The molecule has 0 heterocycles. The van der Waals surface area contributed by atoms with Crippen molar-refractivity contribution in [3.63, 3.8) is 0 Å². The van der Waals surface area contributed by atoms with Crippen molar-refractivity contribution in [2.45, 2.75) is 77.9 Å². The highest BCUT2D eigenvalue weighted by atomic mass is 32.2. The molecule has 1 amide bonds. The van der Waals surface area contributed by atoms with Crippen LogP contribution in [0.1, 0.15) is 53.5 Å². The zero-order valence-electron chi connectivity index (χ0n) is 18.4. The molecule has 0 aliphatic heterocycles. The summed E-state index contributed by atoms with van der Waals surface area (Å²) in [6.07, 6.45) is 0.260. The number of ether oxygens (including phenoxy) is 1. The highest BCUT2D eigenvalue weighted by Gasteiger charge is 2.29. The fourth-order valence-corrected chi connectivity index (χ4v) is 4.31. The third kappa shape index (κ3) is 7.78. The summed E-state index contributed by atoms with van der Waals surface area (Å²) < 4.78 is 33.0. The second-order valence-corrected chi connectivity index (χ2v) is 9.93. The second kappa shape index (κ2) is 10.7. The number of rotatable bonds is 10. The Bertz CT molecular complexity index is 778. The Labute approximate surface area is 174 Å². The van der Waals surface area contributed by atoms with Crippen molar-refractivity contribution < 1.29 is 22.7 Å². The molecule has 1 atom stereocenters. The molecular weight excluding hydrogens is 392 g/mol. The summed E-state index contributed by atoms with van der Waals surface area (Å²) in [5.41, 5.74) is 0.931. The highest BCUT2D eigenvalue weighted by molar-refractivity contribution is 7.89. The van der Waals surface area contributed by atoms with E-state index in [1.807, 2.05) is 48.5 Å². The first kappa shape index (κ1) is 25.1. The van der Waals surface area contributed by atoms with E-state index in [0.29, 0.717) is 0 Å². The number of hydrogen-bond donors (Lipinski definition) is 1. The third-order valence-electron chi connectivity index (χ3n) is 4.36. The number of nitrogens with zero attached hydrogens (tertiary/aromatic N) is 1. The standard InChI is InChI=1S/C21H34N2O5S/c1-14(2)12-19(22-29(26,27)18-10-8-17(7)9-11-18)21(25)28-13-20(24)23(15(3)4)16(5)6/h8-11,14-16,19,22H,12-13H2,1-7H3/t19-/m1/s1. The molecule has 0 fully saturated rings. The number of nitrogens with one attached hydrogen (secondary N) is 1. The lowest BCUT2D eigenvalue weighted by Crippen LogP contribution is -2.46. The Morgan fingerprint density at radius 1 is 1.00 bits per heavy atom. The maximum Gasteiger partial charge on any atom is 0.324 e. The van der Waals surface area contributed by atoms with E-state index in [1.54, 1.807) is 17.0 Å². The molecule has 0 bridgehead atoms. The van der Waals surface area contributed by atoms with Crippen LogP contribution in [-0.2, 0) is 24.3 Å². The molecule has 1 aromatic rings. The van der Waals surface area contributed by atoms with Crippen molar-refractivity contribution in [3.05, 3.63) is 29.8 Å². The predicted molar refractivity (Wildman–Crippen MR) is 113 cm³/mol. The average molecular weight is 427 g/mol. The van der Waals surface area contributed by atoms with Crippen LogP contribution in [-0.4, -0.2) is 49.9 Å². The summed E-state index contributed by atoms with van der Waals surface area (Å²) in [4.78, 5) is 26.7. The molecule has 0 aliphatic rings. The van der Waals surface area contributed by atoms with Crippen LogP contribution in [0.15, 0.2) is 29.2 Å². The summed E-state index contributed by atoms with van der Waals surface area (Å²) in [7, 11) is -3.89. The van der Waals surface area contributed by atoms with Crippen LogP contribution in [0, 0.1) is 12.8 Å². The molecule has 0 saturated heterocycles.